The topological polar surface area (TPSA) is 83.8 Å². The molecule has 6 heteroatoms. The average molecular weight is 244 g/mol. The zero-order valence-corrected chi connectivity index (χ0v) is 10.5. The van der Waals surface area contributed by atoms with Gasteiger partial charge in [0.2, 0.25) is 0 Å². The Morgan fingerprint density at radius 1 is 1.50 bits per heavy atom. The van der Waals surface area contributed by atoms with Crippen LogP contribution in [0.3, 0.4) is 0 Å². The van der Waals surface area contributed by atoms with Crippen LogP contribution in [-0.2, 0) is 13.6 Å². The van der Waals surface area contributed by atoms with Crippen molar-refractivity contribution in [3.05, 3.63) is 42.0 Å². The van der Waals surface area contributed by atoms with Gasteiger partial charge in [0.05, 0.1) is 18.1 Å². The maximum Gasteiger partial charge on any atom is 0.125 e. The molecule has 0 spiro atoms. The zero-order valence-electron chi connectivity index (χ0n) is 10.5. The normalized spacial score (nSPS) is 10.3. The lowest BCUT2D eigenvalue weighted by Gasteiger charge is -2.20. The van der Waals surface area contributed by atoms with Gasteiger partial charge in [-0.1, -0.05) is 0 Å². The third-order valence-electron chi connectivity index (χ3n) is 2.68. The van der Waals surface area contributed by atoms with E-state index in [2.05, 4.69) is 10.1 Å². The summed E-state index contributed by atoms with van der Waals surface area (Å²) in [6, 6.07) is 1.75. The number of nitrogens with two attached hydrogens (primary N) is 1. The van der Waals surface area contributed by atoms with Crippen LogP contribution in [-0.4, -0.2) is 27.6 Å². The number of hydrogen-bond donors (Lipinski definition) is 2. The molecule has 0 aliphatic heterocycles. The van der Waals surface area contributed by atoms with Crippen LogP contribution in [0, 0.1) is 5.41 Å². The van der Waals surface area contributed by atoms with Crippen LogP contribution in [0.15, 0.2) is 30.9 Å². The molecule has 0 aliphatic rings. The van der Waals surface area contributed by atoms with Gasteiger partial charge in [-0.3, -0.25) is 15.1 Å². The van der Waals surface area contributed by atoms with Gasteiger partial charge >= 0.3 is 0 Å². The smallest absolute Gasteiger partial charge is 0.125 e. The molecule has 0 atom stereocenters. The maximum atomic E-state index is 7.56. The van der Waals surface area contributed by atoms with Crippen LogP contribution in [0.2, 0.25) is 0 Å². The number of hydrogen-bond acceptors (Lipinski definition) is 4. The van der Waals surface area contributed by atoms with Crippen molar-refractivity contribution in [1.29, 1.82) is 5.41 Å². The molecule has 0 saturated heterocycles. The van der Waals surface area contributed by atoms with Crippen molar-refractivity contribution in [2.24, 2.45) is 12.8 Å². The van der Waals surface area contributed by atoms with Gasteiger partial charge in [-0.2, -0.15) is 5.10 Å². The van der Waals surface area contributed by atoms with E-state index in [-0.39, 0.29) is 5.84 Å². The maximum absolute atomic E-state index is 7.56. The predicted octanol–water partition coefficient (Wildman–Crippen LogP) is 0.736. The summed E-state index contributed by atoms with van der Waals surface area (Å²) in [4.78, 5) is 6.08. The molecule has 2 aromatic heterocycles. The molecular weight excluding hydrogens is 228 g/mol. The lowest BCUT2D eigenvalue weighted by Crippen LogP contribution is -2.22. The zero-order chi connectivity index (χ0) is 13.1. The van der Waals surface area contributed by atoms with E-state index in [1.165, 1.54) is 0 Å². The molecular formula is C12H16N6. The molecule has 0 bridgehead atoms. The van der Waals surface area contributed by atoms with Crippen molar-refractivity contribution >= 4 is 11.5 Å². The molecule has 6 nitrogen and oxygen atoms in total. The number of pyridine rings is 1. The lowest BCUT2D eigenvalue weighted by molar-refractivity contribution is 0.766. The Bertz CT molecular complexity index is 559. The van der Waals surface area contributed by atoms with Gasteiger partial charge in [0.15, 0.2) is 0 Å². The Kier molecular flexibility index (Phi) is 3.27. The van der Waals surface area contributed by atoms with E-state index in [0.717, 1.165) is 11.3 Å². The Morgan fingerprint density at radius 3 is 2.89 bits per heavy atom. The summed E-state index contributed by atoms with van der Waals surface area (Å²) >= 11 is 0. The van der Waals surface area contributed by atoms with Gasteiger partial charge in [0.25, 0.3) is 0 Å². The number of nitrogens with zero attached hydrogens (tertiary/aromatic N) is 4. The highest BCUT2D eigenvalue weighted by molar-refractivity contribution is 6.00. The summed E-state index contributed by atoms with van der Waals surface area (Å²) in [5.41, 5.74) is 8.19. The standard InChI is InChI=1S/C12H16N6/c1-17(7-9-5-16-18(2)8-9)11-6-15-4-3-10(11)12(13)14/h3-6,8H,7H2,1-2H3,(H3,13,14). The van der Waals surface area contributed by atoms with Crippen LogP contribution >= 0.6 is 0 Å². The first-order chi connectivity index (χ1) is 8.58. The molecule has 0 saturated carbocycles. The molecule has 94 valence electrons. The van der Waals surface area contributed by atoms with E-state index in [1.54, 1.807) is 23.1 Å². The highest BCUT2D eigenvalue weighted by atomic mass is 15.2. The van der Waals surface area contributed by atoms with E-state index >= 15 is 0 Å². The monoisotopic (exact) mass is 244 g/mol. The second-order valence-corrected chi connectivity index (χ2v) is 4.18. The third kappa shape index (κ3) is 2.48. The van der Waals surface area contributed by atoms with Crippen molar-refractivity contribution in [2.75, 3.05) is 11.9 Å². The molecule has 0 aromatic carbocycles. The molecule has 0 aliphatic carbocycles. The minimum absolute atomic E-state index is 0.0467. The Labute approximate surface area is 106 Å². The summed E-state index contributed by atoms with van der Waals surface area (Å²) in [7, 11) is 3.82. The molecule has 3 N–H and O–H groups in total. The fourth-order valence-corrected chi connectivity index (χ4v) is 1.83. The largest absolute Gasteiger partial charge is 0.384 e. The van der Waals surface area contributed by atoms with E-state index in [0.29, 0.717) is 12.1 Å². The number of aromatic nitrogens is 3. The van der Waals surface area contributed by atoms with Crippen molar-refractivity contribution in [3.63, 3.8) is 0 Å². The fraction of sp³-hybridized carbons (Fsp3) is 0.250. The third-order valence-corrected chi connectivity index (χ3v) is 2.68. The van der Waals surface area contributed by atoms with Gasteiger partial charge in [0.1, 0.15) is 5.84 Å². The van der Waals surface area contributed by atoms with Gasteiger partial charge in [-0.05, 0) is 6.07 Å². The first-order valence-electron chi connectivity index (χ1n) is 5.55. The number of nitrogens with one attached hydrogen (secondary N) is 1. The molecule has 2 heterocycles. The Balaban J connectivity index is 2.23. The molecule has 0 amide bonds. The van der Waals surface area contributed by atoms with Crippen LogP contribution in [0.4, 0.5) is 5.69 Å². The molecule has 2 rings (SSSR count). The quantitative estimate of drug-likeness (QED) is 0.613. The number of anilines is 1. The number of aryl methyl sites for hydroxylation is 1. The van der Waals surface area contributed by atoms with Crippen LogP contribution in [0.1, 0.15) is 11.1 Å². The molecule has 0 radical (unpaired) electrons. The van der Waals surface area contributed by atoms with Gasteiger partial charge in [0, 0.05) is 44.2 Å². The van der Waals surface area contributed by atoms with Crippen LogP contribution in [0.5, 0.6) is 0 Å². The Morgan fingerprint density at radius 2 is 2.28 bits per heavy atom. The first kappa shape index (κ1) is 12.1. The van der Waals surface area contributed by atoms with Crippen molar-refractivity contribution in [1.82, 2.24) is 14.8 Å². The summed E-state index contributed by atoms with van der Waals surface area (Å²) in [6.07, 6.45) is 7.13. The molecule has 0 fully saturated rings. The second-order valence-electron chi connectivity index (χ2n) is 4.18. The number of nitrogen functional groups attached to an aromatic ring is 1. The van der Waals surface area contributed by atoms with Crippen molar-refractivity contribution in [3.8, 4) is 0 Å². The molecule has 0 unspecified atom stereocenters. The average Bonchev–Trinajstić information content (AvgIpc) is 2.74. The van der Waals surface area contributed by atoms with E-state index < -0.39 is 0 Å². The second kappa shape index (κ2) is 4.87. The van der Waals surface area contributed by atoms with E-state index in [9.17, 15) is 0 Å². The summed E-state index contributed by atoms with van der Waals surface area (Å²) in [5, 5.41) is 11.7. The first-order valence-corrected chi connectivity index (χ1v) is 5.55. The summed E-state index contributed by atoms with van der Waals surface area (Å²) in [5.74, 6) is 0.0467. The van der Waals surface area contributed by atoms with Crippen LogP contribution in [0.25, 0.3) is 0 Å². The highest BCUT2D eigenvalue weighted by Crippen LogP contribution is 2.19. The van der Waals surface area contributed by atoms with Gasteiger partial charge < -0.3 is 10.6 Å². The van der Waals surface area contributed by atoms with Crippen LogP contribution < -0.4 is 10.6 Å². The fourth-order valence-electron chi connectivity index (χ4n) is 1.83. The van der Waals surface area contributed by atoms with Crippen molar-refractivity contribution < 1.29 is 0 Å². The molecule has 18 heavy (non-hydrogen) atoms. The Hall–Kier alpha value is -2.37. The SMILES string of the molecule is CN(Cc1cnn(C)c1)c1cnccc1C(=N)N. The highest BCUT2D eigenvalue weighted by Gasteiger charge is 2.10. The lowest BCUT2D eigenvalue weighted by atomic mass is 10.2. The van der Waals surface area contributed by atoms with Gasteiger partial charge in [-0.25, -0.2) is 0 Å². The van der Waals surface area contributed by atoms with E-state index in [4.69, 9.17) is 11.1 Å². The summed E-state index contributed by atoms with van der Waals surface area (Å²) in [6.45, 7) is 0.694. The molecule has 2 aromatic rings. The minimum atomic E-state index is 0.0467. The van der Waals surface area contributed by atoms with Gasteiger partial charge in [-0.15, -0.1) is 0 Å². The predicted molar refractivity (Wildman–Crippen MR) is 70.6 cm³/mol. The number of amidine groups is 1. The van der Waals surface area contributed by atoms with E-state index in [1.807, 2.05) is 31.4 Å². The van der Waals surface area contributed by atoms with Crippen molar-refractivity contribution in [2.45, 2.75) is 6.54 Å². The summed E-state index contributed by atoms with van der Waals surface area (Å²) < 4.78 is 1.76. The number of rotatable bonds is 4. The minimum Gasteiger partial charge on any atom is -0.384 e.